The summed E-state index contributed by atoms with van der Waals surface area (Å²) in [7, 11) is 0. The fraction of sp³-hybridized carbons (Fsp3) is 0.333. The number of rotatable bonds is 1. The number of aryl methyl sites for hydroxylation is 3. The van der Waals surface area contributed by atoms with Crippen molar-refractivity contribution in [1.29, 1.82) is 0 Å². The molecule has 0 saturated heterocycles. The molecule has 2 heterocycles. The number of H-pyrrole nitrogens is 1. The number of hydrogen-bond acceptors (Lipinski definition) is 2. The lowest BCUT2D eigenvalue weighted by atomic mass is 9.82. The number of imidazole rings is 1. The van der Waals surface area contributed by atoms with Gasteiger partial charge in [-0.1, -0.05) is 12.1 Å². The van der Waals surface area contributed by atoms with Crippen LogP contribution >= 0.6 is 0 Å². The zero-order valence-electron chi connectivity index (χ0n) is 12.5. The summed E-state index contributed by atoms with van der Waals surface area (Å²) in [6.07, 6.45) is 3.34. The molecule has 0 amide bonds. The third kappa shape index (κ3) is 2.13. The van der Waals surface area contributed by atoms with Crippen LogP contribution in [0.15, 0.2) is 30.3 Å². The molecule has 106 valence electrons. The first kappa shape index (κ1) is 12.6. The van der Waals surface area contributed by atoms with Crippen LogP contribution in [0.4, 0.5) is 0 Å². The van der Waals surface area contributed by atoms with Crippen LogP contribution in [0.5, 0.6) is 0 Å². The van der Waals surface area contributed by atoms with Crippen LogP contribution in [0.1, 0.15) is 40.7 Å². The number of aromatic nitrogens is 3. The monoisotopic (exact) mass is 277 g/mol. The summed E-state index contributed by atoms with van der Waals surface area (Å²) in [4.78, 5) is 12.9. The highest BCUT2D eigenvalue weighted by atomic mass is 14.9. The van der Waals surface area contributed by atoms with Crippen molar-refractivity contribution in [2.75, 3.05) is 0 Å². The van der Waals surface area contributed by atoms with E-state index in [0.29, 0.717) is 5.92 Å². The first-order valence-electron chi connectivity index (χ1n) is 7.61. The minimum Gasteiger partial charge on any atom is -0.342 e. The van der Waals surface area contributed by atoms with Crippen molar-refractivity contribution in [3.63, 3.8) is 0 Å². The van der Waals surface area contributed by atoms with Crippen LogP contribution in [-0.4, -0.2) is 15.0 Å². The molecular weight excluding hydrogens is 258 g/mol. The summed E-state index contributed by atoms with van der Waals surface area (Å²) < 4.78 is 0. The zero-order valence-corrected chi connectivity index (χ0v) is 12.5. The molecule has 0 radical (unpaired) electrons. The Morgan fingerprint density at radius 3 is 2.86 bits per heavy atom. The Morgan fingerprint density at radius 1 is 1.14 bits per heavy atom. The molecule has 1 aliphatic carbocycles. The predicted octanol–water partition coefficient (Wildman–Crippen LogP) is 3.85. The molecule has 1 aromatic carbocycles. The third-order valence-electron chi connectivity index (χ3n) is 4.56. The van der Waals surface area contributed by atoms with Gasteiger partial charge in [-0.15, -0.1) is 0 Å². The van der Waals surface area contributed by atoms with Gasteiger partial charge in [0.1, 0.15) is 5.82 Å². The Morgan fingerprint density at radius 2 is 2.00 bits per heavy atom. The molecule has 0 fully saturated rings. The molecule has 4 rings (SSSR count). The highest BCUT2D eigenvalue weighted by Crippen LogP contribution is 2.33. The maximum Gasteiger partial charge on any atom is 0.110 e. The van der Waals surface area contributed by atoms with E-state index in [1.165, 1.54) is 16.8 Å². The molecule has 2 aromatic heterocycles. The number of aromatic amines is 1. The van der Waals surface area contributed by atoms with Crippen molar-refractivity contribution in [3.05, 3.63) is 58.7 Å². The summed E-state index contributed by atoms with van der Waals surface area (Å²) in [5.41, 5.74) is 7.43. The molecule has 3 aromatic rings. The Hall–Kier alpha value is -2.16. The van der Waals surface area contributed by atoms with Gasteiger partial charge in [0.2, 0.25) is 0 Å². The first-order chi connectivity index (χ1) is 10.2. The summed E-state index contributed by atoms with van der Waals surface area (Å²) >= 11 is 0. The van der Waals surface area contributed by atoms with E-state index in [4.69, 9.17) is 4.98 Å². The van der Waals surface area contributed by atoms with Crippen molar-refractivity contribution in [2.45, 2.75) is 39.0 Å². The molecule has 0 saturated carbocycles. The number of benzene rings is 1. The van der Waals surface area contributed by atoms with Crippen molar-refractivity contribution in [3.8, 4) is 0 Å². The summed E-state index contributed by atoms with van der Waals surface area (Å²) in [5, 5.41) is 0. The zero-order chi connectivity index (χ0) is 14.4. The normalized spacial score (nSPS) is 17.9. The topological polar surface area (TPSA) is 41.6 Å². The van der Waals surface area contributed by atoms with E-state index in [9.17, 15) is 0 Å². The highest BCUT2D eigenvalue weighted by Gasteiger charge is 2.24. The predicted molar refractivity (Wildman–Crippen MR) is 84.6 cm³/mol. The molecule has 1 N–H and O–H groups in total. The Kier molecular flexibility index (Phi) is 2.81. The Balaban J connectivity index is 1.71. The van der Waals surface area contributed by atoms with E-state index in [-0.39, 0.29) is 0 Å². The maximum absolute atomic E-state index is 4.78. The van der Waals surface area contributed by atoms with Gasteiger partial charge in [-0.25, -0.2) is 4.98 Å². The van der Waals surface area contributed by atoms with Gasteiger partial charge in [0.15, 0.2) is 0 Å². The fourth-order valence-electron chi connectivity index (χ4n) is 3.52. The van der Waals surface area contributed by atoms with E-state index in [2.05, 4.69) is 48.1 Å². The average molecular weight is 277 g/mol. The number of hydrogen-bond donors (Lipinski definition) is 1. The third-order valence-corrected chi connectivity index (χ3v) is 4.56. The smallest absolute Gasteiger partial charge is 0.110 e. The Bertz CT molecular complexity index is 783. The summed E-state index contributed by atoms with van der Waals surface area (Å²) in [5.74, 6) is 1.61. The molecule has 0 aliphatic heterocycles. The van der Waals surface area contributed by atoms with Gasteiger partial charge in [-0.05, 0) is 62.4 Å². The molecule has 0 bridgehead atoms. The molecular formula is C18H19N3. The second-order valence-electron chi connectivity index (χ2n) is 6.07. The lowest BCUT2D eigenvalue weighted by Crippen LogP contribution is -2.16. The van der Waals surface area contributed by atoms with Crippen LogP contribution in [0, 0.1) is 13.8 Å². The number of fused-ring (bicyclic) bond motifs is 2. The van der Waals surface area contributed by atoms with Gasteiger partial charge in [-0.2, -0.15) is 0 Å². The van der Waals surface area contributed by atoms with Crippen LogP contribution in [0.2, 0.25) is 0 Å². The lowest BCUT2D eigenvalue weighted by Gasteiger charge is -2.24. The minimum atomic E-state index is 0.480. The van der Waals surface area contributed by atoms with Crippen molar-refractivity contribution in [2.24, 2.45) is 0 Å². The number of nitrogens with zero attached hydrogens (tertiary/aromatic N) is 2. The molecule has 0 spiro atoms. The summed E-state index contributed by atoms with van der Waals surface area (Å²) in [6.45, 7) is 4.21. The largest absolute Gasteiger partial charge is 0.342 e. The van der Waals surface area contributed by atoms with Crippen molar-refractivity contribution < 1.29 is 0 Å². The standard InChI is InChI=1S/C18H19N3/c1-11-9-13-7-8-14(10-15(13)12(2)19-11)18-20-16-5-3-4-6-17(16)21-18/h3-6,9,14H,7-8,10H2,1-2H3,(H,20,21)/t14-/m0/s1. The van der Waals surface area contributed by atoms with Crippen molar-refractivity contribution in [1.82, 2.24) is 15.0 Å². The van der Waals surface area contributed by atoms with E-state index in [1.54, 1.807) is 0 Å². The molecule has 3 heteroatoms. The van der Waals surface area contributed by atoms with Crippen molar-refractivity contribution >= 4 is 11.0 Å². The van der Waals surface area contributed by atoms with Crippen LogP contribution in [-0.2, 0) is 12.8 Å². The van der Waals surface area contributed by atoms with Gasteiger partial charge < -0.3 is 4.98 Å². The van der Waals surface area contributed by atoms with Crippen LogP contribution < -0.4 is 0 Å². The van der Waals surface area contributed by atoms with E-state index >= 15 is 0 Å². The minimum absolute atomic E-state index is 0.480. The molecule has 1 atom stereocenters. The SMILES string of the molecule is Cc1cc2c(c(C)n1)C[C@@H](c1nc3ccccc3[nH]1)CC2. The van der Waals surface area contributed by atoms with Gasteiger partial charge in [0.25, 0.3) is 0 Å². The maximum atomic E-state index is 4.78. The Labute approximate surface area is 124 Å². The van der Waals surface area contributed by atoms with E-state index in [0.717, 1.165) is 41.8 Å². The van der Waals surface area contributed by atoms with E-state index in [1.807, 2.05) is 6.07 Å². The molecule has 21 heavy (non-hydrogen) atoms. The summed E-state index contributed by atoms with van der Waals surface area (Å²) in [6, 6.07) is 10.5. The quantitative estimate of drug-likeness (QED) is 0.734. The highest BCUT2D eigenvalue weighted by molar-refractivity contribution is 5.74. The lowest BCUT2D eigenvalue weighted by molar-refractivity contribution is 0.556. The number of para-hydroxylation sites is 2. The molecule has 1 aliphatic rings. The average Bonchev–Trinajstić information content (AvgIpc) is 2.90. The van der Waals surface area contributed by atoms with Gasteiger partial charge in [0.05, 0.1) is 11.0 Å². The van der Waals surface area contributed by atoms with Gasteiger partial charge in [0, 0.05) is 17.3 Å². The second-order valence-corrected chi connectivity index (χ2v) is 6.07. The first-order valence-corrected chi connectivity index (χ1v) is 7.61. The molecule has 0 unspecified atom stereocenters. The van der Waals surface area contributed by atoms with Crippen LogP contribution in [0.25, 0.3) is 11.0 Å². The van der Waals surface area contributed by atoms with Crippen LogP contribution in [0.3, 0.4) is 0 Å². The van der Waals surface area contributed by atoms with Gasteiger partial charge >= 0.3 is 0 Å². The second kappa shape index (κ2) is 4.69. The molecule has 3 nitrogen and oxygen atoms in total. The number of nitrogens with one attached hydrogen (secondary N) is 1. The fourth-order valence-corrected chi connectivity index (χ4v) is 3.52. The van der Waals surface area contributed by atoms with E-state index < -0.39 is 0 Å². The van der Waals surface area contributed by atoms with Gasteiger partial charge in [-0.3, -0.25) is 4.98 Å². The number of pyridine rings is 1.